The van der Waals surface area contributed by atoms with Crippen molar-refractivity contribution in [3.8, 4) is 0 Å². The van der Waals surface area contributed by atoms with Crippen molar-refractivity contribution >= 4 is 17.3 Å². The monoisotopic (exact) mass is 242 g/mol. The summed E-state index contributed by atoms with van der Waals surface area (Å²) in [5.41, 5.74) is 0.572. The van der Waals surface area contributed by atoms with Gasteiger partial charge in [0.25, 0.3) is 0 Å². The molecule has 90 valence electrons. The zero-order valence-electron chi connectivity index (χ0n) is 10.1. The molecule has 1 unspecified atom stereocenters. The van der Waals surface area contributed by atoms with Gasteiger partial charge in [0.15, 0.2) is 0 Å². The molecule has 4 nitrogen and oxygen atoms in total. The van der Waals surface area contributed by atoms with Crippen LogP contribution in [0.25, 0.3) is 0 Å². The summed E-state index contributed by atoms with van der Waals surface area (Å²) in [6, 6.07) is -0.697. The van der Waals surface area contributed by atoms with Gasteiger partial charge in [-0.05, 0) is 6.54 Å². The molecule has 1 aromatic heterocycles. The van der Waals surface area contributed by atoms with Crippen LogP contribution in [0, 0.1) is 0 Å². The molecule has 0 saturated carbocycles. The molecular formula is C11H18N2O2S. The fourth-order valence-electron chi connectivity index (χ4n) is 1.29. The molecule has 0 fully saturated rings. The Kier molecular flexibility index (Phi) is 4.04. The molecule has 0 aromatic carbocycles. The second kappa shape index (κ2) is 4.93. The lowest BCUT2D eigenvalue weighted by atomic mass is 9.98. The molecular weight excluding hydrogens is 224 g/mol. The second-order valence-electron chi connectivity index (χ2n) is 4.66. The van der Waals surface area contributed by atoms with Crippen LogP contribution in [0.3, 0.4) is 0 Å². The zero-order chi connectivity index (χ0) is 12.3. The van der Waals surface area contributed by atoms with Gasteiger partial charge in [0.1, 0.15) is 6.04 Å². The predicted octanol–water partition coefficient (Wildman–Crippen LogP) is 2.18. The molecule has 0 radical (unpaired) electrons. The van der Waals surface area contributed by atoms with E-state index in [4.69, 9.17) is 5.11 Å². The summed E-state index contributed by atoms with van der Waals surface area (Å²) in [4.78, 5) is 15.4. The lowest BCUT2D eigenvalue weighted by molar-refractivity contribution is -0.139. The van der Waals surface area contributed by atoms with Gasteiger partial charge in [0.05, 0.1) is 10.7 Å². The van der Waals surface area contributed by atoms with E-state index in [1.165, 1.54) is 11.3 Å². The number of carbonyl (C=O) groups is 1. The Bertz CT molecular complexity index is 368. The molecule has 5 heteroatoms. The standard InChI is InChI=1S/C11H18N2O2S/c1-5-12-8(9(14)15)7-6-16-10(13-7)11(2,3)4/h6,8,12H,5H2,1-4H3,(H,14,15). The fourth-order valence-corrected chi connectivity index (χ4v) is 2.22. The summed E-state index contributed by atoms with van der Waals surface area (Å²) in [5, 5.41) is 14.8. The first-order chi connectivity index (χ1) is 7.36. The number of carboxylic acid groups (broad SMARTS) is 1. The van der Waals surface area contributed by atoms with Crippen LogP contribution in [0.1, 0.15) is 44.4 Å². The van der Waals surface area contributed by atoms with Gasteiger partial charge in [-0.3, -0.25) is 10.1 Å². The average Bonchev–Trinajstić information content (AvgIpc) is 2.61. The quantitative estimate of drug-likeness (QED) is 0.849. The smallest absolute Gasteiger partial charge is 0.327 e. The van der Waals surface area contributed by atoms with Crippen LogP contribution in [-0.2, 0) is 10.2 Å². The molecule has 16 heavy (non-hydrogen) atoms. The van der Waals surface area contributed by atoms with Crippen molar-refractivity contribution in [1.82, 2.24) is 10.3 Å². The molecule has 0 aliphatic carbocycles. The van der Waals surface area contributed by atoms with Gasteiger partial charge in [-0.25, -0.2) is 4.98 Å². The number of likely N-dealkylation sites (N-methyl/N-ethyl adjacent to an activating group) is 1. The number of hydrogen-bond acceptors (Lipinski definition) is 4. The van der Waals surface area contributed by atoms with Gasteiger partial charge in [-0.2, -0.15) is 0 Å². The van der Waals surface area contributed by atoms with E-state index in [0.29, 0.717) is 12.2 Å². The minimum atomic E-state index is -0.882. The molecule has 0 saturated heterocycles. The highest BCUT2D eigenvalue weighted by Crippen LogP contribution is 2.27. The summed E-state index contributed by atoms with van der Waals surface area (Å²) < 4.78 is 0. The summed E-state index contributed by atoms with van der Waals surface area (Å²) in [6.45, 7) is 8.70. The Morgan fingerprint density at radius 2 is 2.25 bits per heavy atom. The van der Waals surface area contributed by atoms with Crippen molar-refractivity contribution in [1.29, 1.82) is 0 Å². The summed E-state index contributed by atoms with van der Waals surface area (Å²) in [5.74, 6) is -0.882. The molecule has 0 amide bonds. The Balaban J connectivity index is 2.95. The van der Waals surface area contributed by atoms with E-state index in [-0.39, 0.29) is 5.41 Å². The number of thiazole rings is 1. The first-order valence-corrected chi connectivity index (χ1v) is 6.16. The number of nitrogens with zero attached hydrogens (tertiary/aromatic N) is 1. The highest BCUT2D eigenvalue weighted by atomic mass is 32.1. The third-order valence-electron chi connectivity index (χ3n) is 2.11. The number of rotatable bonds is 4. The zero-order valence-corrected chi connectivity index (χ0v) is 10.9. The van der Waals surface area contributed by atoms with Gasteiger partial charge in [-0.15, -0.1) is 11.3 Å². The predicted molar refractivity (Wildman–Crippen MR) is 64.9 cm³/mol. The first kappa shape index (κ1) is 13.1. The van der Waals surface area contributed by atoms with Crippen LogP contribution in [-0.4, -0.2) is 22.6 Å². The van der Waals surface area contributed by atoms with Crippen molar-refractivity contribution in [2.24, 2.45) is 0 Å². The van der Waals surface area contributed by atoms with Gasteiger partial charge in [0, 0.05) is 10.8 Å². The molecule has 1 atom stereocenters. The van der Waals surface area contributed by atoms with Crippen LogP contribution in [0.2, 0.25) is 0 Å². The average molecular weight is 242 g/mol. The summed E-state index contributed by atoms with van der Waals surface area (Å²) in [7, 11) is 0. The van der Waals surface area contributed by atoms with Crippen LogP contribution < -0.4 is 5.32 Å². The van der Waals surface area contributed by atoms with Crippen molar-refractivity contribution in [2.75, 3.05) is 6.54 Å². The van der Waals surface area contributed by atoms with E-state index in [1.54, 1.807) is 0 Å². The summed E-state index contributed by atoms with van der Waals surface area (Å²) >= 11 is 1.51. The maximum absolute atomic E-state index is 11.1. The van der Waals surface area contributed by atoms with E-state index < -0.39 is 12.0 Å². The summed E-state index contributed by atoms with van der Waals surface area (Å²) in [6.07, 6.45) is 0. The van der Waals surface area contributed by atoms with E-state index in [1.807, 2.05) is 12.3 Å². The lowest BCUT2D eigenvalue weighted by Gasteiger charge is -2.14. The molecule has 1 rings (SSSR count). The molecule has 2 N–H and O–H groups in total. The van der Waals surface area contributed by atoms with Gasteiger partial charge >= 0.3 is 5.97 Å². The Labute approximate surface area is 99.7 Å². The van der Waals surface area contributed by atoms with Crippen LogP contribution >= 0.6 is 11.3 Å². The second-order valence-corrected chi connectivity index (χ2v) is 5.51. The van der Waals surface area contributed by atoms with Crippen LogP contribution in [0.5, 0.6) is 0 Å². The fraction of sp³-hybridized carbons (Fsp3) is 0.636. The van der Waals surface area contributed by atoms with Crippen molar-refractivity contribution in [2.45, 2.75) is 39.2 Å². The molecule has 0 aliphatic heterocycles. The maximum Gasteiger partial charge on any atom is 0.327 e. The van der Waals surface area contributed by atoms with E-state index in [0.717, 1.165) is 5.01 Å². The topological polar surface area (TPSA) is 62.2 Å². The third kappa shape index (κ3) is 3.02. The molecule has 0 spiro atoms. The van der Waals surface area contributed by atoms with Gasteiger partial charge in [0.2, 0.25) is 0 Å². The highest BCUT2D eigenvalue weighted by Gasteiger charge is 2.24. The Morgan fingerprint density at radius 3 is 2.62 bits per heavy atom. The van der Waals surface area contributed by atoms with Crippen molar-refractivity contribution in [3.63, 3.8) is 0 Å². The maximum atomic E-state index is 11.1. The molecule has 0 aliphatic rings. The van der Waals surface area contributed by atoms with Gasteiger partial charge < -0.3 is 5.11 Å². The van der Waals surface area contributed by atoms with Crippen LogP contribution in [0.4, 0.5) is 0 Å². The minimum absolute atomic E-state index is 0.0296. The third-order valence-corrected chi connectivity index (χ3v) is 3.40. The number of hydrogen-bond donors (Lipinski definition) is 2. The normalized spacial score (nSPS) is 13.8. The number of nitrogens with one attached hydrogen (secondary N) is 1. The van der Waals surface area contributed by atoms with Gasteiger partial charge in [-0.1, -0.05) is 27.7 Å². The molecule has 1 aromatic rings. The number of aliphatic carboxylic acids is 1. The number of carboxylic acids is 1. The highest BCUT2D eigenvalue weighted by molar-refractivity contribution is 7.09. The van der Waals surface area contributed by atoms with Crippen molar-refractivity contribution in [3.05, 3.63) is 16.1 Å². The Morgan fingerprint density at radius 1 is 1.62 bits per heavy atom. The first-order valence-electron chi connectivity index (χ1n) is 5.28. The van der Waals surface area contributed by atoms with E-state index in [2.05, 4.69) is 31.1 Å². The largest absolute Gasteiger partial charge is 0.480 e. The van der Waals surface area contributed by atoms with E-state index >= 15 is 0 Å². The van der Waals surface area contributed by atoms with Crippen molar-refractivity contribution < 1.29 is 9.90 Å². The minimum Gasteiger partial charge on any atom is -0.480 e. The van der Waals surface area contributed by atoms with E-state index in [9.17, 15) is 4.79 Å². The van der Waals surface area contributed by atoms with Crippen LogP contribution in [0.15, 0.2) is 5.38 Å². The molecule has 0 bridgehead atoms. The molecule has 1 heterocycles. The lowest BCUT2D eigenvalue weighted by Crippen LogP contribution is -2.28. The number of aromatic nitrogens is 1. The Hall–Kier alpha value is -0.940. The SMILES string of the molecule is CCNC(C(=O)O)c1csc(C(C)(C)C)n1.